The molecule has 4 aromatic rings. The number of hydrogen-bond donors (Lipinski definition) is 1. The monoisotopic (exact) mass is 506 g/mol. The SMILES string of the molecule is C=CC(=O)N1CCC[C@@H](n2nc(-c3ccc(OCn4nc(C)cc4C)c(Cl)c3)c3c(N)ncnc32)C1. The fourth-order valence-electron chi connectivity index (χ4n) is 4.64. The van der Waals surface area contributed by atoms with Crippen LogP contribution in [0, 0.1) is 13.8 Å². The van der Waals surface area contributed by atoms with E-state index in [0.29, 0.717) is 46.4 Å². The Morgan fingerprint density at radius 2 is 2.11 bits per heavy atom. The van der Waals surface area contributed by atoms with Gasteiger partial charge < -0.3 is 15.4 Å². The first-order valence-corrected chi connectivity index (χ1v) is 12.1. The van der Waals surface area contributed by atoms with E-state index in [2.05, 4.69) is 21.6 Å². The molecular weight excluding hydrogens is 480 g/mol. The van der Waals surface area contributed by atoms with Crippen LogP contribution in [0.3, 0.4) is 0 Å². The van der Waals surface area contributed by atoms with Crippen LogP contribution in [0.1, 0.15) is 30.3 Å². The van der Waals surface area contributed by atoms with Crippen molar-refractivity contribution < 1.29 is 9.53 Å². The Balaban J connectivity index is 1.47. The van der Waals surface area contributed by atoms with Gasteiger partial charge in [0.05, 0.1) is 22.1 Å². The normalized spacial score (nSPS) is 15.9. The number of benzene rings is 1. The topological polar surface area (TPSA) is 117 Å². The van der Waals surface area contributed by atoms with Crippen molar-refractivity contribution in [2.75, 3.05) is 18.8 Å². The number of halogens is 1. The second-order valence-corrected chi connectivity index (χ2v) is 9.29. The van der Waals surface area contributed by atoms with Gasteiger partial charge in [0.15, 0.2) is 12.4 Å². The molecule has 5 rings (SSSR count). The smallest absolute Gasteiger partial charge is 0.246 e. The first-order valence-electron chi connectivity index (χ1n) is 11.7. The van der Waals surface area contributed by atoms with Crippen molar-refractivity contribution in [3.05, 3.63) is 59.7 Å². The van der Waals surface area contributed by atoms with Gasteiger partial charge in [-0.1, -0.05) is 18.2 Å². The zero-order valence-electron chi connectivity index (χ0n) is 20.2. The van der Waals surface area contributed by atoms with Crippen LogP contribution in [0.15, 0.2) is 43.2 Å². The lowest BCUT2D eigenvalue weighted by atomic mass is 10.1. The third kappa shape index (κ3) is 4.39. The molecular formula is C25H27ClN8O2. The number of fused-ring (bicyclic) bond motifs is 1. The van der Waals surface area contributed by atoms with Crippen LogP contribution < -0.4 is 10.5 Å². The zero-order valence-corrected chi connectivity index (χ0v) is 20.9. The van der Waals surface area contributed by atoms with Crippen molar-refractivity contribution in [3.63, 3.8) is 0 Å². The molecule has 2 N–H and O–H groups in total. The number of rotatable bonds is 6. The molecule has 0 saturated carbocycles. The molecule has 0 spiro atoms. The predicted molar refractivity (Wildman–Crippen MR) is 138 cm³/mol. The summed E-state index contributed by atoms with van der Waals surface area (Å²) in [7, 11) is 0. The minimum absolute atomic E-state index is 0.0490. The molecule has 0 unspecified atom stereocenters. The predicted octanol–water partition coefficient (Wildman–Crippen LogP) is 3.93. The summed E-state index contributed by atoms with van der Waals surface area (Å²) in [5.74, 6) is 0.775. The Kier molecular flexibility index (Phi) is 6.36. The van der Waals surface area contributed by atoms with Gasteiger partial charge in [-0.3, -0.25) is 4.79 Å². The minimum Gasteiger partial charge on any atom is -0.470 e. The van der Waals surface area contributed by atoms with Crippen LogP contribution in [0.2, 0.25) is 5.02 Å². The van der Waals surface area contributed by atoms with E-state index in [4.69, 9.17) is 27.2 Å². The number of ether oxygens (including phenoxy) is 1. The molecule has 1 atom stereocenters. The third-order valence-corrected chi connectivity index (χ3v) is 6.69. The molecule has 10 nitrogen and oxygen atoms in total. The number of piperidine rings is 1. The molecule has 36 heavy (non-hydrogen) atoms. The van der Waals surface area contributed by atoms with Crippen LogP contribution >= 0.6 is 11.6 Å². The number of aromatic nitrogens is 6. The fraction of sp³-hybridized carbons (Fsp3) is 0.320. The van der Waals surface area contributed by atoms with E-state index in [1.54, 1.807) is 21.7 Å². The Morgan fingerprint density at radius 3 is 2.83 bits per heavy atom. The molecule has 0 bridgehead atoms. The average molecular weight is 507 g/mol. The van der Waals surface area contributed by atoms with Gasteiger partial charge in [0, 0.05) is 24.3 Å². The highest BCUT2D eigenvalue weighted by atomic mass is 35.5. The Bertz CT molecular complexity index is 1460. The molecule has 4 heterocycles. The molecule has 186 valence electrons. The fourth-order valence-corrected chi connectivity index (χ4v) is 4.87. The largest absolute Gasteiger partial charge is 0.470 e. The van der Waals surface area contributed by atoms with Gasteiger partial charge in [-0.2, -0.15) is 10.2 Å². The second kappa shape index (κ2) is 9.62. The number of hydrogen-bond acceptors (Lipinski definition) is 7. The maximum atomic E-state index is 12.2. The van der Waals surface area contributed by atoms with Gasteiger partial charge in [0.25, 0.3) is 0 Å². The summed E-state index contributed by atoms with van der Waals surface area (Å²) in [6, 6.07) is 7.42. The van der Waals surface area contributed by atoms with E-state index in [1.165, 1.54) is 12.4 Å². The molecule has 0 aliphatic carbocycles. The first-order chi connectivity index (χ1) is 17.4. The quantitative estimate of drug-likeness (QED) is 0.394. The number of carbonyl (C=O) groups excluding carboxylic acids is 1. The van der Waals surface area contributed by atoms with Crippen LogP contribution in [-0.4, -0.2) is 53.4 Å². The number of amides is 1. The zero-order chi connectivity index (χ0) is 25.4. The summed E-state index contributed by atoms with van der Waals surface area (Å²) in [6.07, 6.45) is 4.49. The molecule has 3 aromatic heterocycles. The van der Waals surface area contributed by atoms with Gasteiger partial charge >= 0.3 is 0 Å². The van der Waals surface area contributed by atoms with E-state index in [0.717, 1.165) is 29.8 Å². The minimum atomic E-state index is -0.0895. The van der Waals surface area contributed by atoms with Crippen molar-refractivity contribution in [2.45, 2.75) is 39.5 Å². The lowest BCUT2D eigenvalue weighted by Gasteiger charge is -2.32. The molecule has 1 aliphatic heterocycles. The van der Waals surface area contributed by atoms with Crippen molar-refractivity contribution in [1.82, 2.24) is 34.4 Å². The molecule has 1 fully saturated rings. The van der Waals surface area contributed by atoms with E-state index < -0.39 is 0 Å². The van der Waals surface area contributed by atoms with E-state index in [1.807, 2.05) is 30.7 Å². The van der Waals surface area contributed by atoms with E-state index >= 15 is 0 Å². The number of nitrogen functional groups attached to an aromatic ring is 1. The summed E-state index contributed by atoms with van der Waals surface area (Å²) in [5, 5.41) is 10.4. The van der Waals surface area contributed by atoms with Gasteiger partial charge in [0.2, 0.25) is 5.91 Å². The second-order valence-electron chi connectivity index (χ2n) is 8.88. The summed E-state index contributed by atoms with van der Waals surface area (Å²) in [5.41, 5.74) is 10.2. The summed E-state index contributed by atoms with van der Waals surface area (Å²) < 4.78 is 9.54. The Morgan fingerprint density at radius 1 is 1.28 bits per heavy atom. The molecule has 1 saturated heterocycles. The lowest BCUT2D eigenvalue weighted by Crippen LogP contribution is -2.40. The third-order valence-electron chi connectivity index (χ3n) is 6.40. The molecule has 1 amide bonds. The van der Waals surface area contributed by atoms with Crippen LogP contribution in [0.4, 0.5) is 5.82 Å². The molecule has 11 heteroatoms. The standard InChI is InChI=1S/C25H27ClN8O2/c1-4-21(35)32-9-5-6-18(12-32)34-25-22(24(27)28-13-29-25)23(31-34)17-7-8-20(19(26)11-17)36-14-33-16(3)10-15(2)30-33/h4,7-8,10-11,13,18H,1,5-6,9,12,14H2,2-3H3,(H2,27,28,29)/t18-/m1/s1. The van der Waals surface area contributed by atoms with Crippen molar-refractivity contribution in [2.24, 2.45) is 0 Å². The van der Waals surface area contributed by atoms with E-state index in [9.17, 15) is 4.79 Å². The lowest BCUT2D eigenvalue weighted by molar-refractivity contribution is -0.127. The van der Waals surface area contributed by atoms with Crippen molar-refractivity contribution in [1.29, 1.82) is 0 Å². The van der Waals surface area contributed by atoms with Gasteiger partial charge in [0.1, 0.15) is 23.6 Å². The Labute approximate surface area is 213 Å². The number of aryl methyl sites for hydroxylation is 2. The average Bonchev–Trinajstić information content (AvgIpc) is 3.42. The number of anilines is 1. The number of nitrogens with zero attached hydrogens (tertiary/aromatic N) is 7. The molecule has 1 aromatic carbocycles. The summed E-state index contributed by atoms with van der Waals surface area (Å²) in [6.45, 7) is 8.98. The van der Waals surface area contributed by atoms with Gasteiger partial charge in [-0.05, 0) is 57.0 Å². The summed E-state index contributed by atoms with van der Waals surface area (Å²) >= 11 is 6.60. The number of nitrogens with two attached hydrogens (primary N) is 1. The maximum Gasteiger partial charge on any atom is 0.246 e. The first kappa shape index (κ1) is 23.8. The van der Waals surface area contributed by atoms with Crippen LogP contribution in [-0.2, 0) is 11.5 Å². The highest BCUT2D eigenvalue weighted by molar-refractivity contribution is 6.32. The van der Waals surface area contributed by atoms with E-state index in [-0.39, 0.29) is 18.7 Å². The summed E-state index contributed by atoms with van der Waals surface area (Å²) in [4.78, 5) is 22.7. The van der Waals surface area contributed by atoms with Crippen LogP contribution in [0.25, 0.3) is 22.3 Å². The Hall–Kier alpha value is -3.92. The van der Waals surface area contributed by atoms with Crippen LogP contribution in [0.5, 0.6) is 5.75 Å². The molecule has 0 radical (unpaired) electrons. The van der Waals surface area contributed by atoms with Crippen molar-refractivity contribution >= 4 is 34.4 Å². The number of likely N-dealkylation sites (tertiary alicyclic amines) is 1. The van der Waals surface area contributed by atoms with Gasteiger partial charge in [-0.15, -0.1) is 0 Å². The highest BCUT2D eigenvalue weighted by Crippen LogP contribution is 2.36. The maximum absolute atomic E-state index is 12.2. The molecule has 1 aliphatic rings. The highest BCUT2D eigenvalue weighted by Gasteiger charge is 2.28. The van der Waals surface area contributed by atoms with Crippen molar-refractivity contribution in [3.8, 4) is 17.0 Å². The van der Waals surface area contributed by atoms with Gasteiger partial charge in [-0.25, -0.2) is 19.3 Å². The number of carbonyl (C=O) groups is 1.